The molecule has 0 unspecified atom stereocenters. The molecule has 0 spiro atoms. The average molecular weight is 338 g/mol. The van der Waals surface area contributed by atoms with E-state index in [9.17, 15) is 0 Å². The van der Waals surface area contributed by atoms with Gasteiger partial charge in [-0.15, -0.1) is 0 Å². The van der Waals surface area contributed by atoms with E-state index in [0.29, 0.717) is 6.61 Å². The highest BCUT2D eigenvalue weighted by molar-refractivity contribution is 5.10. The van der Waals surface area contributed by atoms with Gasteiger partial charge in [0.15, 0.2) is 0 Å². The molecule has 6 heteroatoms. The van der Waals surface area contributed by atoms with Crippen LogP contribution >= 0.6 is 0 Å². The molecule has 3 aromatic heterocycles. The van der Waals surface area contributed by atoms with E-state index in [1.54, 1.807) is 6.20 Å². The summed E-state index contributed by atoms with van der Waals surface area (Å²) in [6.45, 7) is 5.78. The standard InChI is InChI=1S/C19H22N4O2/c1-15-9-17(21-25-15)10-22-11-18-6-4-8-23(18)13-19(12-22)24-14-16-5-2-3-7-20-16/h2-9,19H,10-14H2,1H3/t19-/m1/s1. The summed E-state index contributed by atoms with van der Waals surface area (Å²) in [7, 11) is 0. The lowest BCUT2D eigenvalue weighted by Gasteiger charge is -2.23. The van der Waals surface area contributed by atoms with Gasteiger partial charge < -0.3 is 13.8 Å². The number of hydrogen-bond acceptors (Lipinski definition) is 5. The largest absolute Gasteiger partial charge is 0.369 e. The minimum Gasteiger partial charge on any atom is -0.369 e. The maximum absolute atomic E-state index is 6.18. The predicted octanol–water partition coefficient (Wildman–Crippen LogP) is 2.78. The van der Waals surface area contributed by atoms with Crippen LogP contribution in [0.3, 0.4) is 0 Å². The van der Waals surface area contributed by atoms with E-state index >= 15 is 0 Å². The third-order valence-electron chi connectivity index (χ3n) is 4.43. The minimum absolute atomic E-state index is 0.101. The molecule has 0 amide bonds. The lowest BCUT2D eigenvalue weighted by molar-refractivity contribution is 0.00691. The van der Waals surface area contributed by atoms with Crippen LogP contribution in [0.1, 0.15) is 22.8 Å². The van der Waals surface area contributed by atoms with Crippen molar-refractivity contribution in [2.24, 2.45) is 0 Å². The van der Waals surface area contributed by atoms with Crippen molar-refractivity contribution < 1.29 is 9.26 Å². The second kappa shape index (κ2) is 7.21. The number of ether oxygens (including phenoxy) is 1. The Kier molecular flexibility index (Phi) is 4.63. The summed E-state index contributed by atoms with van der Waals surface area (Å²) >= 11 is 0. The Morgan fingerprint density at radius 3 is 2.96 bits per heavy atom. The van der Waals surface area contributed by atoms with Crippen LogP contribution in [0.15, 0.2) is 53.3 Å². The maximum Gasteiger partial charge on any atom is 0.133 e. The number of aromatic nitrogens is 3. The molecule has 0 radical (unpaired) electrons. The van der Waals surface area contributed by atoms with Crippen molar-refractivity contribution >= 4 is 0 Å². The number of fused-ring (bicyclic) bond motifs is 1. The molecule has 1 aliphatic heterocycles. The van der Waals surface area contributed by atoms with Crippen molar-refractivity contribution in [1.82, 2.24) is 19.6 Å². The minimum atomic E-state index is 0.101. The molecule has 4 heterocycles. The first-order valence-corrected chi connectivity index (χ1v) is 8.56. The van der Waals surface area contributed by atoms with Crippen molar-refractivity contribution in [1.29, 1.82) is 0 Å². The molecule has 0 aromatic carbocycles. The fourth-order valence-electron chi connectivity index (χ4n) is 3.26. The van der Waals surface area contributed by atoms with Gasteiger partial charge in [0.05, 0.1) is 24.1 Å². The van der Waals surface area contributed by atoms with Gasteiger partial charge in [-0.05, 0) is 31.2 Å². The molecule has 4 rings (SSSR count). The van der Waals surface area contributed by atoms with Gasteiger partial charge in [-0.2, -0.15) is 0 Å². The Bertz CT molecular complexity index is 812. The van der Waals surface area contributed by atoms with E-state index in [1.165, 1.54) is 5.69 Å². The molecule has 1 atom stereocenters. The monoisotopic (exact) mass is 338 g/mol. The highest BCUT2D eigenvalue weighted by atomic mass is 16.5. The molecule has 1 aliphatic rings. The maximum atomic E-state index is 6.18. The zero-order valence-corrected chi connectivity index (χ0v) is 14.3. The van der Waals surface area contributed by atoms with E-state index < -0.39 is 0 Å². The van der Waals surface area contributed by atoms with Crippen LogP contribution in [-0.2, 0) is 31.0 Å². The Balaban J connectivity index is 1.47. The summed E-state index contributed by atoms with van der Waals surface area (Å²) in [5.74, 6) is 0.844. The van der Waals surface area contributed by atoms with Crippen molar-refractivity contribution in [3.8, 4) is 0 Å². The molecular weight excluding hydrogens is 316 g/mol. The molecule has 0 aliphatic carbocycles. The highest BCUT2D eigenvalue weighted by Crippen LogP contribution is 2.18. The third-order valence-corrected chi connectivity index (χ3v) is 4.43. The van der Waals surface area contributed by atoms with Gasteiger partial charge in [-0.1, -0.05) is 11.2 Å². The lowest BCUT2D eigenvalue weighted by atomic mass is 10.3. The van der Waals surface area contributed by atoms with Crippen molar-refractivity contribution in [3.63, 3.8) is 0 Å². The molecule has 0 saturated heterocycles. The molecule has 3 aromatic rings. The summed E-state index contributed by atoms with van der Waals surface area (Å²) in [5.41, 5.74) is 3.21. The molecule has 6 nitrogen and oxygen atoms in total. The number of aryl methyl sites for hydroxylation is 1. The molecule has 0 saturated carbocycles. The van der Waals surface area contributed by atoms with Crippen molar-refractivity contribution in [2.75, 3.05) is 6.54 Å². The van der Waals surface area contributed by atoms with Gasteiger partial charge in [0.1, 0.15) is 5.76 Å². The summed E-state index contributed by atoms with van der Waals surface area (Å²) in [5, 5.41) is 4.13. The van der Waals surface area contributed by atoms with E-state index in [1.807, 2.05) is 31.2 Å². The molecule has 130 valence electrons. The summed E-state index contributed by atoms with van der Waals surface area (Å²) < 4.78 is 13.7. The van der Waals surface area contributed by atoms with Gasteiger partial charge in [0, 0.05) is 50.3 Å². The van der Waals surface area contributed by atoms with Crippen LogP contribution in [0, 0.1) is 6.92 Å². The third kappa shape index (κ3) is 3.97. The van der Waals surface area contributed by atoms with Crippen molar-refractivity contribution in [2.45, 2.75) is 39.3 Å². The van der Waals surface area contributed by atoms with Gasteiger partial charge >= 0.3 is 0 Å². The van der Waals surface area contributed by atoms with Crippen LogP contribution in [0.25, 0.3) is 0 Å². The molecule has 25 heavy (non-hydrogen) atoms. The first-order chi connectivity index (χ1) is 12.3. The first-order valence-electron chi connectivity index (χ1n) is 8.56. The van der Waals surface area contributed by atoms with E-state index in [2.05, 4.69) is 37.9 Å². The molecule has 0 fully saturated rings. The van der Waals surface area contributed by atoms with Crippen molar-refractivity contribution in [3.05, 3.63) is 71.6 Å². The summed E-state index contributed by atoms with van der Waals surface area (Å²) in [6, 6.07) is 12.2. The van der Waals surface area contributed by atoms with Crippen LogP contribution in [0.4, 0.5) is 0 Å². The Hall–Kier alpha value is -2.44. The van der Waals surface area contributed by atoms with Gasteiger partial charge in [-0.3, -0.25) is 9.88 Å². The average Bonchev–Trinajstić information content (AvgIpc) is 3.19. The lowest BCUT2D eigenvalue weighted by Crippen LogP contribution is -2.32. The number of hydrogen-bond donors (Lipinski definition) is 0. The van der Waals surface area contributed by atoms with Crippen LogP contribution in [-0.4, -0.2) is 32.3 Å². The predicted molar refractivity (Wildman–Crippen MR) is 92.6 cm³/mol. The molecular formula is C19H22N4O2. The molecule has 0 N–H and O–H groups in total. The van der Waals surface area contributed by atoms with Crippen LogP contribution in [0.5, 0.6) is 0 Å². The van der Waals surface area contributed by atoms with E-state index in [4.69, 9.17) is 9.26 Å². The topological polar surface area (TPSA) is 56.3 Å². The highest BCUT2D eigenvalue weighted by Gasteiger charge is 2.23. The Labute approximate surface area is 147 Å². The Morgan fingerprint density at radius 1 is 1.20 bits per heavy atom. The second-order valence-corrected chi connectivity index (χ2v) is 6.50. The summed E-state index contributed by atoms with van der Waals surface area (Å²) in [6.07, 6.45) is 4.02. The van der Waals surface area contributed by atoms with Crippen LogP contribution in [0.2, 0.25) is 0 Å². The number of rotatable bonds is 5. The van der Waals surface area contributed by atoms with E-state index in [-0.39, 0.29) is 6.10 Å². The zero-order chi connectivity index (χ0) is 17.1. The van der Waals surface area contributed by atoms with Gasteiger partial charge in [0.2, 0.25) is 0 Å². The normalized spacial score (nSPS) is 18.0. The fraction of sp³-hybridized carbons (Fsp3) is 0.368. The van der Waals surface area contributed by atoms with E-state index in [0.717, 1.165) is 43.3 Å². The fourth-order valence-corrected chi connectivity index (χ4v) is 3.26. The quantitative estimate of drug-likeness (QED) is 0.716. The smallest absolute Gasteiger partial charge is 0.133 e. The van der Waals surface area contributed by atoms with Gasteiger partial charge in [-0.25, -0.2) is 0 Å². The SMILES string of the molecule is Cc1cc(CN2Cc3cccn3C[C@H](OCc3ccccn3)C2)no1. The number of nitrogens with zero attached hydrogens (tertiary/aromatic N) is 4. The Morgan fingerprint density at radius 2 is 2.16 bits per heavy atom. The zero-order valence-electron chi connectivity index (χ0n) is 14.3. The number of pyridine rings is 1. The van der Waals surface area contributed by atoms with Crippen LogP contribution < -0.4 is 0 Å². The summed E-state index contributed by atoms with van der Waals surface area (Å²) in [4.78, 5) is 6.70. The van der Waals surface area contributed by atoms with Gasteiger partial charge in [0.25, 0.3) is 0 Å². The first kappa shape index (κ1) is 16.1. The molecule has 0 bridgehead atoms. The second-order valence-electron chi connectivity index (χ2n) is 6.50.